The fourth-order valence-corrected chi connectivity index (χ4v) is 0.603. The average molecular weight is 174 g/mol. The molecule has 0 aliphatic carbocycles. The minimum atomic E-state index is -0.825. The first-order valence-corrected chi connectivity index (χ1v) is 4.15. The minimum absolute atomic E-state index is 0.217. The molecule has 0 spiro atoms. The number of nitrogens with one attached hydrogen (secondary N) is 1. The molecule has 0 saturated carbocycles. The van der Waals surface area contributed by atoms with E-state index in [2.05, 4.69) is 5.32 Å². The molecule has 72 valence electrons. The second-order valence-corrected chi connectivity index (χ2v) is 3.33. The van der Waals surface area contributed by atoms with E-state index in [1.165, 1.54) is 0 Å². The molecule has 4 N–H and O–H groups in total. The molecule has 12 heavy (non-hydrogen) atoms. The molecule has 0 rings (SSSR count). The van der Waals surface area contributed by atoms with Crippen LogP contribution in [-0.4, -0.2) is 29.2 Å². The fourth-order valence-electron chi connectivity index (χ4n) is 0.603. The number of carbonyl (C=O) groups excluding carboxylic acids is 1. The van der Waals surface area contributed by atoms with Crippen molar-refractivity contribution in [3.63, 3.8) is 0 Å². The maximum atomic E-state index is 11.3. The third-order valence-electron chi connectivity index (χ3n) is 1.81. The molecular weight excluding hydrogens is 156 g/mol. The molecule has 0 saturated heterocycles. The largest absolute Gasteiger partial charge is 0.392 e. The Balaban J connectivity index is 3.88. The summed E-state index contributed by atoms with van der Waals surface area (Å²) in [6.07, 6.45) is 0.0557. The van der Waals surface area contributed by atoms with E-state index in [1.54, 1.807) is 13.8 Å². The van der Waals surface area contributed by atoms with Crippen molar-refractivity contribution in [1.82, 2.24) is 5.32 Å². The third kappa shape index (κ3) is 3.69. The van der Waals surface area contributed by atoms with Gasteiger partial charge in [-0.3, -0.25) is 4.79 Å². The van der Waals surface area contributed by atoms with E-state index in [1.807, 2.05) is 6.92 Å². The van der Waals surface area contributed by atoms with Gasteiger partial charge in [-0.2, -0.15) is 0 Å². The molecule has 0 aromatic carbocycles. The van der Waals surface area contributed by atoms with Crippen LogP contribution >= 0.6 is 0 Å². The molecule has 0 bridgehead atoms. The van der Waals surface area contributed by atoms with Crippen molar-refractivity contribution < 1.29 is 9.90 Å². The fraction of sp³-hybridized carbons (Fsp3) is 0.875. The van der Waals surface area contributed by atoms with Gasteiger partial charge in [0.1, 0.15) is 0 Å². The lowest BCUT2D eigenvalue weighted by atomic mass is 9.99. The predicted octanol–water partition coefficient (Wildman–Crippen LogP) is -0.389. The molecule has 0 aromatic heterocycles. The molecule has 0 radical (unpaired) electrons. The monoisotopic (exact) mass is 174 g/mol. The zero-order chi connectivity index (χ0) is 9.78. The van der Waals surface area contributed by atoms with Crippen molar-refractivity contribution in [3.8, 4) is 0 Å². The van der Waals surface area contributed by atoms with Gasteiger partial charge in [-0.25, -0.2) is 0 Å². The highest BCUT2D eigenvalue weighted by molar-refractivity contribution is 5.85. The summed E-state index contributed by atoms with van der Waals surface area (Å²) in [5, 5.41) is 11.4. The molecule has 0 aliphatic rings. The van der Waals surface area contributed by atoms with Crippen LogP contribution in [0.25, 0.3) is 0 Å². The number of aliphatic hydroxyl groups excluding tert-OH is 1. The van der Waals surface area contributed by atoms with Crippen LogP contribution in [0.4, 0.5) is 0 Å². The van der Waals surface area contributed by atoms with Crippen molar-refractivity contribution in [3.05, 3.63) is 0 Å². The smallest absolute Gasteiger partial charge is 0.239 e. The van der Waals surface area contributed by atoms with Gasteiger partial charge in [-0.1, -0.05) is 6.92 Å². The number of rotatable bonds is 4. The van der Waals surface area contributed by atoms with E-state index in [4.69, 9.17) is 10.8 Å². The lowest BCUT2D eigenvalue weighted by Gasteiger charge is -2.21. The number of hydrogen-bond acceptors (Lipinski definition) is 3. The summed E-state index contributed by atoms with van der Waals surface area (Å²) in [6, 6.07) is 0. The lowest BCUT2D eigenvalue weighted by molar-refractivity contribution is -0.126. The van der Waals surface area contributed by atoms with Crippen LogP contribution in [-0.2, 0) is 4.79 Å². The lowest BCUT2D eigenvalue weighted by Crippen LogP contribution is -2.52. The summed E-state index contributed by atoms with van der Waals surface area (Å²) >= 11 is 0. The first-order chi connectivity index (χ1) is 5.40. The van der Waals surface area contributed by atoms with Crippen LogP contribution in [0.3, 0.4) is 0 Å². The van der Waals surface area contributed by atoms with E-state index >= 15 is 0 Å². The van der Waals surface area contributed by atoms with E-state index in [0.717, 1.165) is 0 Å². The Morgan fingerprint density at radius 2 is 2.25 bits per heavy atom. The highest BCUT2D eigenvalue weighted by Gasteiger charge is 2.25. The SMILES string of the molecule is CCC(C)(N)C(=O)NC[C@H](C)O. The van der Waals surface area contributed by atoms with Gasteiger partial charge in [0.15, 0.2) is 0 Å². The van der Waals surface area contributed by atoms with Gasteiger partial charge in [0.05, 0.1) is 11.6 Å². The molecular formula is C8H18N2O2. The van der Waals surface area contributed by atoms with Gasteiger partial charge in [0.25, 0.3) is 0 Å². The van der Waals surface area contributed by atoms with Gasteiger partial charge in [-0.05, 0) is 20.3 Å². The maximum absolute atomic E-state index is 11.3. The Hall–Kier alpha value is -0.610. The normalized spacial score (nSPS) is 18.1. The third-order valence-corrected chi connectivity index (χ3v) is 1.81. The number of aliphatic hydroxyl groups is 1. The minimum Gasteiger partial charge on any atom is -0.392 e. The van der Waals surface area contributed by atoms with Crippen LogP contribution in [0.2, 0.25) is 0 Å². The number of amides is 1. The summed E-state index contributed by atoms with van der Waals surface area (Å²) in [5.41, 5.74) is 4.83. The average Bonchev–Trinajstić information content (AvgIpc) is 2.00. The second-order valence-electron chi connectivity index (χ2n) is 3.33. The van der Waals surface area contributed by atoms with Crippen molar-refractivity contribution >= 4 is 5.91 Å². The maximum Gasteiger partial charge on any atom is 0.239 e. The molecule has 0 aromatic rings. The standard InChI is InChI=1S/C8H18N2O2/c1-4-8(3,9)7(12)10-5-6(2)11/h6,11H,4-5,9H2,1-3H3,(H,10,12)/t6-,8?/m0/s1. The van der Waals surface area contributed by atoms with Crippen molar-refractivity contribution in [2.24, 2.45) is 5.73 Å². The van der Waals surface area contributed by atoms with Crippen LogP contribution in [0.1, 0.15) is 27.2 Å². The molecule has 4 nitrogen and oxygen atoms in total. The number of hydrogen-bond donors (Lipinski definition) is 3. The summed E-state index contributed by atoms with van der Waals surface area (Å²) in [7, 11) is 0. The molecule has 0 aliphatic heterocycles. The predicted molar refractivity (Wildman–Crippen MR) is 47.6 cm³/mol. The summed E-state index contributed by atoms with van der Waals surface area (Å²) in [4.78, 5) is 11.3. The Labute approximate surface area is 73.1 Å². The van der Waals surface area contributed by atoms with Crippen molar-refractivity contribution in [1.29, 1.82) is 0 Å². The molecule has 4 heteroatoms. The van der Waals surface area contributed by atoms with Crippen LogP contribution in [0.15, 0.2) is 0 Å². The van der Waals surface area contributed by atoms with Crippen LogP contribution in [0, 0.1) is 0 Å². The highest BCUT2D eigenvalue weighted by Crippen LogP contribution is 2.03. The van der Waals surface area contributed by atoms with Gasteiger partial charge >= 0.3 is 0 Å². The van der Waals surface area contributed by atoms with E-state index in [9.17, 15) is 4.79 Å². The summed E-state index contributed by atoms with van der Waals surface area (Å²) < 4.78 is 0. The Kier molecular flexibility index (Phi) is 4.20. The van der Waals surface area contributed by atoms with Gasteiger partial charge in [-0.15, -0.1) is 0 Å². The van der Waals surface area contributed by atoms with Gasteiger partial charge < -0.3 is 16.2 Å². The first kappa shape index (κ1) is 11.4. The van der Waals surface area contributed by atoms with E-state index in [-0.39, 0.29) is 12.5 Å². The Bertz CT molecular complexity index is 155. The van der Waals surface area contributed by atoms with E-state index in [0.29, 0.717) is 6.42 Å². The van der Waals surface area contributed by atoms with Crippen molar-refractivity contribution in [2.75, 3.05) is 6.54 Å². The number of carbonyl (C=O) groups is 1. The van der Waals surface area contributed by atoms with Gasteiger partial charge in [0.2, 0.25) is 5.91 Å². The second kappa shape index (κ2) is 4.42. The quantitative estimate of drug-likeness (QED) is 0.543. The highest BCUT2D eigenvalue weighted by atomic mass is 16.3. The summed E-state index contributed by atoms with van der Waals surface area (Å²) in [5.74, 6) is -0.217. The van der Waals surface area contributed by atoms with E-state index < -0.39 is 11.6 Å². The summed E-state index contributed by atoms with van der Waals surface area (Å²) in [6.45, 7) is 5.39. The Morgan fingerprint density at radius 1 is 1.75 bits per heavy atom. The molecule has 2 atom stereocenters. The first-order valence-electron chi connectivity index (χ1n) is 4.15. The zero-order valence-electron chi connectivity index (χ0n) is 7.92. The molecule has 1 unspecified atom stereocenters. The number of nitrogens with two attached hydrogens (primary N) is 1. The molecule has 0 heterocycles. The Morgan fingerprint density at radius 3 is 2.58 bits per heavy atom. The van der Waals surface area contributed by atoms with Gasteiger partial charge in [0, 0.05) is 6.54 Å². The van der Waals surface area contributed by atoms with Crippen LogP contribution < -0.4 is 11.1 Å². The molecule has 0 fully saturated rings. The zero-order valence-corrected chi connectivity index (χ0v) is 7.92. The topological polar surface area (TPSA) is 75.4 Å². The van der Waals surface area contributed by atoms with Crippen molar-refractivity contribution in [2.45, 2.75) is 38.8 Å². The van der Waals surface area contributed by atoms with Crippen LogP contribution in [0.5, 0.6) is 0 Å². The molecule has 1 amide bonds.